The van der Waals surface area contributed by atoms with Crippen molar-refractivity contribution in [3.8, 4) is 12.1 Å². The molecule has 0 bridgehead atoms. The van der Waals surface area contributed by atoms with Gasteiger partial charge in [0.05, 0.1) is 5.69 Å². The molecule has 0 atom stereocenters. The Morgan fingerprint density at radius 2 is 1.60 bits per heavy atom. The predicted octanol–water partition coefficient (Wildman–Crippen LogP) is 2.45. The Labute approximate surface area is 117 Å². The third-order valence-electron chi connectivity index (χ3n) is 2.86. The van der Waals surface area contributed by atoms with Gasteiger partial charge in [0.15, 0.2) is 11.4 Å². The maximum atomic E-state index is 8.95. The van der Waals surface area contributed by atoms with E-state index in [1.165, 1.54) is 5.56 Å². The molecule has 1 aromatic heterocycles. The molecule has 0 amide bonds. The highest BCUT2D eigenvalue weighted by Crippen LogP contribution is 2.14. The van der Waals surface area contributed by atoms with E-state index in [0.717, 1.165) is 5.56 Å². The molecule has 1 heterocycles. The minimum atomic E-state index is 0.0458. The lowest BCUT2D eigenvalue weighted by atomic mass is 10.1. The summed E-state index contributed by atoms with van der Waals surface area (Å²) in [4.78, 5) is 8.22. The van der Waals surface area contributed by atoms with Crippen LogP contribution in [0.1, 0.15) is 28.2 Å². The van der Waals surface area contributed by atoms with Crippen molar-refractivity contribution in [1.29, 1.82) is 10.5 Å². The summed E-state index contributed by atoms with van der Waals surface area (Å²) in [5, 5.41) is 21.0. The van der Waals surface area contributed by atoms with Gasteiger partial charge in [-0.3, -0.25) is 0 Å². The Morgan fingerprint density at radius 1 is 1.00 bits per heavy atom. The van der Waals surface area contributed by atoms with Gasteiger partial charge in [-0.25, -0.2) is 9.97 Å². The number of hydrogen-bond donors (Lipinski definition) is 1. The predicted molar refractivity (Wildman–Crippen MR) is 74.7 cm³/mol. The van der Waals surface area contributed by atoms with Gasteiger partial charge in [0, 0.05) is 6.54 Å². The zero-order valence-electron chi connectivity index (χ0n) is 11.3. The van der Waals surface area contributed by atoms with Crippen LogP contribution in [-0.4, -0.2) is 9.97 Å². The Morgan fingerprint density at radius 3 is 2.20 bits per heavy atom. The van der Waals surface area contributed by atoms with Crippen LogP contribution in [0.3, 0.4) is 0 Å². The molecule has 0 fully saturated rings. The molecular formula is C15H13N5. The summed E-state index contributed by atoms with van der Waals surface area (Å²) in [6.07, 6.45) is 0. The molecule has 0 radical (unpaired) electrons. The van der Waals surface area contributed by atoms with E-state index in [1.54, 1.807) is 6.92 Å². The van der Waals surface area contributed by atoms with Gasteiger partial charge in [0.25, 0.3) is 0 Å². The smallest absolute Gasteiger partial charge is 0.179 e. The molecule has 0 aliphatic heterocycles. The minimum absolute atomic E-state index is 0.0458. The van der Waals surface area contributed by atoms with Crippen LogP contribution < -0.4 is 5.32 Å². The molecule has 0 aliphatic rings. The van der Waals surface area contributed by atoms with Crippen molar-refractivity contribution in [2.24, 2.45) is 0 Å². The molecular weight excluding hydrogens is 250 g/mol. The van der Waals surface area contributed by atoms with Gasteiger partial charge in [0.1, 0.15) is 18.0 Å². The second-order valence-electron chi connectivity index (χ2n) is 4.42. The van der Waals surface area contributed by atoms with E-state index in [-0.39, 0.29) is 11.4 Å². The van der Waals surface area contributed by atoms with Crippen molar-refractivity contribution in [3.05, 3.63) is 52.5 Å². The van der Waals surface area contributed by atoms with E-state index >= 15 is 0 Å². The largest absolute Gasteiger partial charge is 0.364 e. The zero-order chi connectivity index (χ0) is 14.5. The number of aryl methyl sites for hydroxylation is 2. The van der Waals surface area contributed by atoms with Crippen molar-refractivity contribution in [3.63, 3.8) is 0 Å². The van der Waals surface area contributed by atoms with Crippen LogP contribution in [0, 0.1) is 36.5 Å². The van der Waals surface area contributed by atoms with Gasteiger partial charge in [-0.1, -0.05) is 29.8 Å². The Hall–Kier alpha value is -2.92. The number of aromatic nitrogens is 2. The van der Waals surface area contributed by atoms with Gasteiger partial charge < -0.3 is 5.32 Å². The topological polar surface area (TPSA) is 85.4 Å². The first-order valence-corrected chi connectivity index (χ1v) is 6.12. The molecule has 1 aromatic carbocycles. The molecule has 98 valence electrons. The van der Waals surface area contributed by atoms with Gasteiger partial charge in [0.2, 0.25) is 0 Å². The van der Waals surface area contributed by atoms with Crippen molar-refractivity contribution in [2.45, 2.75) is 20.4 Å². The SMILES string of the molecule is Cc1ccc(CNc2nc(C#N)c(C#N)nc2C)cc1. The van der Waals surface area contributed by atoms with Crippen LogP contribution in [0.25, 0.3) is 0 Å². The second kappa shape index (κ2) is 5.81. The molecule has 20 heavy (non-hydrogen) atoms. The van der Waals surface area contributed by atoms with Gasteiger partial charge in [-0.15, -0.1) is 0 Å². The first kappa shape index (κ1) is 13.5. The Kier molecular flexibility index (Phi) is 3.93. The molecule has 2 aromatic rings. The van der Waals surface area contributed by atoms with Crippen LogP contribution >= 0.6 is 0 Å². The lowest BCUT2D eigenvalue weighted by molar-refractivity contribution is 1.02. The van der Waals surface area contributed by atoms with E-state index in [4.69, 9.17) is 10.5 Å². The van der Waals surface area contributed by atoms with Crippen molar-refractivity contribution in [1.82, 2.24) is 9.97 Å². The summed E-state index contributed by atoms with van der Waals surface area (Å²) < 4.78 is 0. The summed E-state index contributed by atoms with van der Waals surface area (Å²) in [7, 11) is 0. The van der Waals surface area contributed by atoms with Gasteiger partial charge >= 0.3 is 0 Å². The molecule has 0 spiro atoms. The number of benzene rings is 1. The average molecular weight is 263 g/mol. The Balaban J connectivity index is 2.20. The lowest BCUT2D eigenvalue weighted by Crippen LogP contribution is -2.07. The van der Waals surface area contributed by atoms with E-state index < -0.39 is 0 Å². The number of rotatable bonds is 3. The standard InChI is InChI=1S/C15H13N5/c1-10-3-5-12(6-4-10)9-18-15-11(2)19-13(7-16)14(8-17)20-15/h3-6H,9H2,1-2H3,(H,18,20). The Bertz CT molecular complexity index is 705. The average Bonchev–Trinajstić information content (AvgIpc) is 2.47. The number of anilines is 1. The van der Waals surface area contributed by atoms with Crippen LogP contribution in [0.15, 0.2) is 24.3 Å². The molecule has 5 nitrogen and oxygen atoms in total. The first-order chi connectivity index (χ1) is 9.63. The highest BCUT2D eigenvalue weighted by atomic mass is 15.0. The maximum absolute atomic E-state index is 8.95. The number of nitrogens with zero attached hydrogens (tertiary/aromatic N) is 4. The second-order valence-corrected chi connectivity index (χ2v) is 4.42. The minimum Gasteiger partial charge on any atom is -0.364 e. The van der Waals surface area contributed by atoms with Crippen molar-refractivity contribution in [2.75, 3.05) is 5.32 Å². The van der Waals surface area contributed by atoms with E-state index in [0.29, 0.717) is 18.1 Å². The molecule has 2 rings (SSSR count). The molecule has 5 heteroatoms. The summed E-state index contributed by atoms with van der Waals surface area (Å²) in [6, 6.07) is 11.9. The van der Waals surface area contributed by atoms with Crippen LogP contribution in [0.4, 0.5) is 5.82 Å². The molecule has 0 saturated heterocycles. The van der Waals surface area contributed by atoms with Crippen LogP contribution in [-0.2, 0) is 6.54 Å². The van der Waals surface area contributed by atoms with E-state index in [2.05, 4.69) is 15.3 Å². The number of nitrogens with one attached hydrogen (secondary N) is 1. The molecule has 0 aliphatic carbocycles. The van der Waals surface area contributed by atoms with E-state index in [1.807, 2.05) is 43.3 Å². The third-order valence-corrected chi connectivity index (χ3v) is 2.86. The summed E-state index contributed by atoms with van der Waals surface area (Å²) in [5.74, 6) is 0.529. The number of nitriles is 2. The first-order valence-electron chi connectivity index (χ1n) is 6.12. The fourth-order valence-corrected chi connectivity index (χ4v) is 1.73. The van der Waals surface area contributed by atoms with Gasteiger partial charge in [-0.2, -0.15) is 10.5 Å². The number of hydrogen-bond acceptors (Lipinski definition) is 5. The maximum Gasteiger partial charge on any atom is 0.179 e. The quantitative estimate of drug-likeness (QED) is 0.919. The van der Waals surface area contributed by atoms with Crippen LogP contribution in [0.5, 0.6) is 0 Å². The van der Waals surface area contributed by atoms with Gasteiger partial charge in [-0.05, 0) is 19.4 Å². The van der Waals surface area contributed by atoms with Crippen molar-refractivity contribution >= 4 is 5.82 Å². The van der Waals surface area contributed by atoms with Crippen molar-refractivity contribution < 1.29 is 0 Å². The molecule has 0 saturated carbocycles. The fourth-order valence-electron chi connectivity index (χ4n) is 1.73. The van der Waals surface area contributed by atoms with E-state index in [9.17, 15) is 0 Å². The highest BCUT2D eigenvalue weighted by molar-refractivity contribution is 5.47. The third kappa shape index (κ3) is 2.90. The molecule has 1 N–H and O–H groups in total. The monoisotopic (exact) mass is 263 g/mol. The molecule has 0 unspecified atom stereocenters. The normalized spacial score (nSPS) is 9.60. The zero-order valence-corrected chi connectivity index (χ0v) is 11.3. The fraction of sp³-hybridized carbons (Fsp3) is 0.200. The summed E-state index contributed by atoms with van der Waals surface area (Å²) >= 11 is 0. The highest BCUT2D eigenvalue weighted by Gasteiger charge is 2.10. The lowest BCUT2D eigenvalue weighted by Gasteiger charge is -2.09. The van der Waals surface area contributed by atoms with Crippen LogP contribution in [0.2, 0.25) is 0 Å². The summed E-state index contributed by atoms with van der Waals surface area (Å²) in [5.41, 5.74) is 3.03. The summed E-state index contributed by atoms with van der Waals surface area (Å²) in [6.45, 7) is 4.38.